The van der Waals surface area contributed by atoms with Gasteiger partial charge in [-0.15, -0.1) is 11.3 Å². The van der Waals surface area contributed by atoms with E-state index in [0.29, 0.717) is 5.56 Å². The standard InChI is InChI=1S/C19H16N2O2S/c1-11-20-17(16-9-10-24-18(16)21-11)15-8-7-14(15)12-3-5-13(6-4-12)19(22)23-2/h3-6,9-10H,7-8H2,1-2H3. The summed E-state index contributed by atoms with van der Waals surface area (Å²) in [5, 5.41) is 3.19. The first-order valence-electron chi connectivity index (χ1n) is 7.80. The minimum Gasteiger partial charge on any atom is -0.465 e. The zero-order valence-corrected chi connectivity index (χ0v) is 14.3. The third kappa shape index (κ3) is 2.41. The lowest BCUT2D eigenvalue weighted by Gasteiger charge is -2.24. The summed E-state index contributed by atoms with van der Waals surface area (Å²) in [5.41, 5.74) is 5.35. The van der Waals surface area contributed by atoms with Gasteiger partial charge in [0.2, 0.25) is 0 Å². The van der Waals surface area contributed by atoms with Gasteiger partial charge in [0.1, 0.15) is 10.7 Å². The first-order chi connectivity index (χ1) is 11.7. The van der Waals surface area contributed by atoms with Crippen LogP contribution < -0.4 is 0 Å². The van der Waals surface area contributed by atoms with Crippen molar-refractivity contribution in [1.82, 2.24) is 9.97 Å². The molecule has 0 saturated heterocycles. The zero-order valence-electron chi connectivity index (χ0n) is 13.5. The molecule has 0 atom stereocenters. The quantitative estimate of drug-likeness (QED) is 0.661. The van der Waals surface area contributed by atoms with Gasteiger partial charge in [-0.2, -0.15) is 0 Å². The summed E-state index contributed by atoms with van der Waals surface area (Å²) in [6.07, 6.45) is 2.05. The number of aryl methyl sites for hydroxylation is 1. The lowest BCUT2D eigenvalue weighted by molar-refractivity contribution is 0.0600. The molecule has 24 heavy (non-hydrogen) atoms. The zero-order chi connectivity index (χ0) is 16.7. The van der Waals surface area contributed by atoms with Gasteiger partial charge >= 0.3 is 5.97 Å². The number of hydrogen-bond acceptors (Lipinski definition) is 5. The Bertz CT molecular complexity index is 971. The van der Waals surface area contributed by atoms with Gasteiger partial charge in [0.15, 0.2) is 0 Å². The molecule has 2 aromatic heterocycles. The van der Waals surface area contributed by atoms with Crippen LogP contribution in [0, 0.1) is 6.92 Å². The van der Waals surface area contributed by atoms with Crippen LogP contribution in [-0.2, 0) is 4.74 Å². The molecule has 2 heterocycles. The Morgan fingerprint density at radius 2 is 1.83 bits per heavy atom. The molecule has 1 aliphatic rings. The number of aromatic nitrogens is 2. The summed E-state index contributed by atoms with van der Waals surface area (Å²) in [6.45, 7) is 1.94. The highest BCUT2D eigenvalue weighted by molar-refractivity contribution is 7.16. The molecule has 0 unspecified atom stereocenters. The number of methoxy groups -OCH3 is 1. The van der Waals surface area contributed by atoms with Crippen molar-refractivity contribution < 1.29 is 9.53 Å². The fourth-order valence-electron chi connectivity index (χ4n) is 3.07. The second-order valence-corrected chi connectivity index (χ2v) is 6.68. The molecule has 4 nitrogen and oxygen atoms in total. The maximum Gasteiger partial charge on any atom is 0.337 e. The van der Waals surface area contributed by atoms with Gasteiger partial charge in [0.25, 0.3) is 0 Å². The number of benzene rings is 1. The molecular formula is C19H16N2O2S. The average Bonchev–Trinajstić information content (AvgIpc) is 3.02. The number of allylic oxidation sites excluding steroid dienone is 2. The Morgan fingerprint density at radius 1 is 1.08 bits per heavy atom. The highest BCUT2D eigenvalue weighted by Gasteiger charge is 2.24. The lowest BCUT2D eigenvalue weighted by atomic mass is 9.81. The van der Waals surface area contributed by atoms with Gasteiger partial charge < -0.3 is 4.74 Å². The summed E-state index contributed by atoms with van der Waals surface area (Å²) >= 11 is 1.65. The van der Waals surface area contributed by atoms with E-state index in [0.717, 1.165) is 40.1 Å². The molecule has 1 aromatic carbocycles. The molecule has 0 N–H and O–H groups in total. The van der Waals surface area contributed by atoms with Gasteiger partial charge in [-0.1, -0.05) is 12.1 Å². The SMILES string of the molecule is COC(=O)c1ccc(C2=C(c3nc(C)nc4sccc34)CC2)cc1. The highest BCUT2D eigenvalue weighted by Crippen LogP contribution is 2.44. The predicted octanol–water partition coefficient (Wildman–Crippen LogP) is 4.49. The third-order valence-electron chi connectivity index (χ3n) is 4.37. The van der Waals surface area contributed by atoms with Crippen LogP contribution in [0.25, 0.3) is 21.4 Å². The fraction of sp³-hybridized carbons (Fsp3) is 0.211. The highest BCUT2D eigenvalue weighted by atomic mass is 32.1. The van der Waals surface area contributed by atoms with Gasteiger partial charge in [-0.25, -0.2) is 14.8 Å². The second kappa shape index (κ2) is 5.83. The normalized spacial score (nSPS) is 13.9. The molecule has 0 spiro atoms. The number of rotatable bonds is 3. The topological polar surface area (TPSA) is 52.1 Å². The minimum absolute atomic E-state index is 0.309. The monoisotopic (exact) mass is 336 g/mol. The van der Waals surface area contributed by atoms with Gasteiger partial charge in [-0.05, 0) is 60.1 Å². The molecule has 120 valence electrons. The number of ether oxygens (including phenoxy) is 1. The lowest BCUT2D eigenvalue weighted by Crippen LogP contribution is -2.07. The maximum absolute atomic E-state index is 11.6. The minimum atomic E-state index is -0.309. The van der Waals surface area contributed by atoms with Crippen molar-refractivity contribution in [1.29, 1.82) is 0 Å². The van der Waals surface area contributed by atoms with Gasteiger partial charge in [0, 0.05) is 5.39 Å². The number of fused-ring (bicyclic) bond motifs is 1. The molecule has 0 radical (unpaired) electrons. The van der Waals surface area contributed by atoms with E-state index in [-0.39, 0.29) is 5.97 Å². The summed E-state index contributed by atoms with van der Waals surface area (Å²) in [4.78, 5) is 21.8. The molecule has 4 rings (SSSR count). The fourth-order valence-corrected chi connectivity index (χ4v) is 3.88. The van der Waals surface area contributed by atoms with Gasteiger partial charge in [0.05, 0.1) is 18.4 Å². The molecule has 0 bridgehead atoms. The molecular weight excluding hydrogens is 320 g/mol. The van der Waals surface area contributed by atoms with Crippen LogP contribution in [0.15, 0.2) is 35.7 Å². The number of thiophene rings is 1. The van der Waals surface area contributed by atoms with Crippen molar-refractivity contribution in [3.63, 3.8) is 0 Å². The molecule has 0 aliphatic heterocycles. The molecule has 0 amide bonds. The second-order valence-electron chi connectivity index (χ2n) is 5.78. The van der Waals surface area contributed by atoms with Crippen molar-refractivity contribution in [3.05, 3.63) is 58.4 Å². The Balaban J connectivity index is 1.78. The molecule has 0 saturated carbocycles. The van der Waals surface area contributed by atoms with Crippen molar-refractivity contribution in [2.75, 3.05) is 7.11 Å². The van der Waals surface area contributed by atoms with Crippen molar-refractivity contribution >= 4 is 38.7 Å². The van der Waals surface area contributed by atoms with Crippen molar-refractivity contribution in [3.8, 4) is 0 Å². The van der Waals surface area contributed by atoms with E-state index in [1.54, 1.807) is 11.3 Å². The smallest absolute Gasteiger partial charge is 0.337 e. The summed E-state index contributed by atoms with van der Waals surface area (Å²) in [6, 6.07) is 9.70. The molecule has 3 aromatic rings. The van der Waals surface area contributed by atoms with Crippen LogP contribution in [-0.4, -0.2) is 23.0 Å². The Labute approximate surface area is 143 Å². The largest absolute Gasteiger partial charge is 0.465 e. The van der Waals surface area contributed by atoms with E-state index in [2.05, 4.69) is 16.4 Å². The van der Waals surface area contributed by atoms with Crippen LogP contribution in [0.2, 0.25) is 0 Å². The number of carbonyl (C=O) groups is 1. The van der Waals surface area contributed by atoms with Crippen molar-refractivity contribution in [2.45, 2.75) is 19.8 Å². The number of nitrogens with zero attached hydrogens (tertiary/aromatic N) is 2. The van der Waals surface area contributed by atoms with Crippen LogP contribution in [0.1, 0.15) is 40.3 Å². The Kier molecular flexibility index (Phi) is 3.65. The van der Waals surface area contributed by atoms with E-state index in [4.69, 9.17) is 9.72 Å². The first-order valence-corrected chi connectivity index (χ1v) is 8.68. The van der Waals surface area contributed by atoms with E-state index >= 15 is 0 Å². The molecule has 0 fully saturated rings. The number of esters is 1. The summed E-state index contributed by atoms with van der Waals surface area (Å²) in [5.74, 6) is 0.496. The average molecular weight is 336 g/mol. The number of carbonyl (C=O) groups excluding carboxylic acids is 1. The predicted molar refractivity (Wildman–Crippen MR) is 96.0 cm³/mol. The van der Waals surface area contributed by atoms with E-state index < -0.39 is 0 Å². The van der Waals surface area contributed by atoms with E-state index in [1.165, 1.54) is 18.3 Å². The Hall–Kier alpha value is -2.53. The van der Waals surface area contributed by atoms with Crippen molar-refractivity contribution in [2.24, 2.45) is 0 Å². The third-order valence-corrected chi connectivity index (χ3v) is 5.17. The molecule has 5 heteroatoms. The van der Waals surface area contributed by atoms with E-state index in [1.807, 2.05) is 31.2 Å². The number of hydrogen-bond donors (Lipinski definition) is 0. The first kappa shape index (κ1) is 15.0. The van der Waals surface area contributed by atoms with Crippen LogP contribution in [0.5, 0.6) is 0 Å². The molecule has 1 aliphatic carbocycles. The van der Waals surface area contributed by atoms with Crippen LogP contribution >= 0.6 is 11.3 Å². The van der Waals surface area contributed by atoms with Crippen LogP contribution in [0.4, 0.5) is 0 Å². The Morgan fingerprint density at radius 3 is 2.50 bits per heavy atom. The van der Waals surface area contributed by atoms with Crippen LogP contribution in [0.3, 0.4) is 0 Å². The van der Waals surface area contributed by atoms with Gasteiger partial charge in [-0.3, -0.25) is 0 Å². The van der Waals surface area contributed by atoms with E-state index in [9.17, 15) is 4.79 Å². The summed E-state index contributed by atoms with van der Waals surface area (Å²) in [7, 11) is 1.40. The summed E-state index contributed by atoms with van der Waals surface area (Å²) < 4.78 is 4.75. The maximum atomic E-state index is 11.6.